The highest BCUT2D eigenvalue weighted by atomic mass is 14.8. The number of nitrogens with zero attached hydrogens (tertiary/aromatic N) is 4. The van der Waals surface area contributed by atoms with Crippen LogP contribution in [0.1, 0.15) is 12.5 Å². The molecule has 0 atom stereocenters. The SMILES string of the molecule is C=Nc1ccccc1N=C(C)c1ccc2ccc(-c3ccc4ccncc4c3)nc2c1. The molecule has 0 saturated heterocycles. The Kier molecular flexibility index (Phi) is 4.81. The number of rotatable bonds is 4. The van der Waals surface area contributed by atoms with Crippen LogP contribution in [0.25, 0.3) is 32.9 Å². The summed E-state index contributed by atoms with van der Waals surface area (Å²) in [5.74, 6) is 0. The number of hydrogen-bond acceptors (Lipinski definition) is 4. The van der Waals surface area contributed by atoms with Crippen molar-refractivity contribution in [1.29, 1.82) is 0 Å². The zero-order valence-electron chi connectivity index (χ0n) is 17.2. The second-order valence-electron chi connectivity index (χ2n) is 7.39. The molecule has 0 fully saturated rings. The minimum Gasteiger partial charge on any atom is -0.264 e. The average molecular weight is 400 g/mol. The Morgan fingerprint density at radius 3 is 2.48 bits per heavy atom. The number of aromatic nitrogens is 2. The summed E-state index contributed by atoms with van der Waals surface area (Å²) < 4.78 is 0. The van der Waals surface area contributed by atoms with Gasteiger partial charge in [0.05, 0.1) is 22.6 Å². The van der Waals surface area contributed by atoms with Gasteiger partial charge in [0.25, 0.3) is 0 Å². The first kappa shape index (κ1) is 18.8. The molecule has 5 rings (SSSR count). The lowest BCUT2D eigenvalue weighted by Gasteiger charge is -2.08. The van der Waals surface area contributed by atoms with E-state index < -0.39 is 0 Å². The van der Waals surface area contributed by atoms with Crippen LogP contribution in [0.2, 0.25) is 0 Å². The van der Waals surface area contributed by atoms with Crippen molar-refractivity contribution in [3.8, 4) is 11.3 Å². The largest absolute Gasteiger partial charge is 0.264 e. The number of para-hydroxylation sites is 2. The van der Waals surface area contributed by atoms with Gasteiger partial charge in [0.1, 0.15) is 0 Å². The van der Waals surface area contributed by atoms with E-state index in [4.69, 9.17) is 9.98 Å². The van der Waals surface area contributed by atoms with Crippen LogP contribution in [0.4, 0.5) is 11.4 Å². The van der Waals surface area contributed by atoms with Crippen LogP contribution in [-0.2, 0) is 0 Å². The third-order valence-electron chi connectivity index (χ3n) is 5.39. The highest BCUT2D eigenvalue weighted by Gasteiger charge is 2.06. The van der Waals surface area contributed by atoms with Crippen LogP contribution in [0.3, 0.4) is 0 Å². The Labute approximate surface area is 180 Å². The zero-order valence-corrected chi connectivity index (χ0v) is 17.2. The molecule has 5 aromatic rings. The van der Waals surface area contributed by atoms with Gasteiger partial charge in [-0.05, 0) is 61.0 Å². The van der Waals surface area contributed by atoms with Gasteiger partial charge < -0.3 is 0 Å². The Balaban J connectivity index is 1.56. The van der Waals surface area contributed by atoms with Gasteiger partial charge in [0.2, 0.25) is 0 Å². The first-order chi connectivity index (χ1) is 15.2. The smallest absolute Gasteiger partial charge is 0.0889 e. The van der Waals surface area contributed by atoms with Crippen molar-refractivity contribution in [2.75, 3.05) is 0 Å². The van der Waals surface area contributed by atoms with Gasteiger partial charge in [-0.3, -0.25) is 15.0 Å². The first-order valence-corrected chi connectivity index (χ1v) is 10.1. The molecular weight excluding hydrogens is 380 g/mol. The third kappa shape index (κ3) is 3.71. The molecule has 0 radical (unpaired) electrons. The van der Waals surface area contributed by atoms with Gasteiger partial charge in [0.15, 0.2) is 0 Å². The summed E-state index contributed by atoms with van der Waals surface area (Å²) in [5.41, 5.74) is 6.46. The maximum Gasteiger partial charge on any atom is 0.0889 e. The molecule has 0 saturated carbocycles. The molecule has 0 unspecified atom stereocenters. The van der Waals surface area contributed by atoms with E-state index in [0.29, 0.717) is 0 Å². The highest BCUT2D eigenvalue weighted by Crippen LogP contribution is 2.28. The highest BCUT2D eigenvalue weighted by molar-refractivity contribution is 6.03. The van der Waals surface area contributed by atoms with E-state index in [2.05, 4.69) is 65.2 Å². The van der Waals surface area contributed by atoms with Crippen molar-refractivity contribution >= 4 is 45.5 Å². The van der Waals surface area contributed by atoms with Crippen LogP contribution in [-0.4, -0.2) is 22.4 Å². The monoisotopic (exact) mass is 400 g/mol. The molecular formula is C27H20N4. The van der Waals surface area contributed by atoms with E-state index in [-0.39, 0.29) is 0 Å². The van der Waals surface area contributed by atoms with Gasteiger partial charge >= 0.3 is 0 Å². The van der Waals surface area contributed by atoms with Gasteiger partial charge in [-0.1, -0.05) is 42.5 Å². The molecule has 0 aliphatic rings. The molecule has 4 nitrogen and oxygen atoms in total. The molecule has 0 aliphatic carbocycles. The van der Waals surface area contributed by atoms with E-state index in [1.165, 1.54) is 5.39 Å². The van der Waals surface area contributed by atoms with Gasteiger partial charge in [0, 0.05) is 34.4 Å². The molecule has 2 aromatic heterocycles. The summed E-state index contributed by atoms with van der Waals surface area (Å²) >= 11 is 0. The molecule has 31 heavy (non-hydrogen) atoms. The molecule has 2 heterocycles. The van der Waals surface area contributed by atoms with Crippen LogP contribution < -0.4 is 0 Å². The number of benzene rings is 3. The molecule has 0 amide bonds. The van der Waals surface area contributed by atoms with Crippen molar-refractivity contribution in [2.45, 2.75) is 6.92 Å². The predicted molar refractivity (Wildman–Crippen MR) is 130 cm³/mol. The Morgan fingerprint density at radius 2 is 1.61 bits per heavy atom. The minimum atomic E-state index is 0.772. The fourth-order valence-electron chi connectivity index (χ4n) is 3.68. The fourth-order valence-corrected chi connectivity index (χ4v) is 3.68. The second-order valence-corrected chi connectivity index (χ2v) is 7.39. The van der Waals surface area contributed by atoms with E-state index in [9.17, 15) is 0 Å². The van der Waals surface area contributed by atoms with Gasteiger partial charge in [-0.15, -0.1) is 0 Å². The molecule has 148 valence electrons. The lowest BCUT2D eigenvalue weighted by molar-refractivity contribution is 1.36. The number of aliphatic imine (C=N–C) groups is 2. The number of pyridine rings is 2. The van der Waals surface area contributed by atoms with Crippen LogP contribution in [0.5, 0.6) is 0 Å². The quantitative estimate of drug-likeness (QED) is 0.307. The maximum atomic E-state index is 4.93. The molecule has 0 bridgehead atoms. The summed E-state index contributed by atoms with van der Waals surface area (Å²) in [6.45, 7) is 5.64. The van der Waals surface area contributed by atoms with Crippen molar-refractivity contribution in [2.24, 2.45) is 9.98 Å². The fraction of sp³-hybridized carbons (Fsp3) is 0.0370. The lowest BCUT2D eigenvalue weighted by atomic mass is 10.0. The minimum absolute atomic E-state index is 0.772. The Hall–Kier alpha value is -4.18. The van der Waals surface area contributed by atoms with E-state index >= 15 is 0 Å². The number of hydrogen-bond donors (Lipinski definition) is 0. The summed E-state index contributed by atoms with van der Waals surface area (Å²) in [5, 5.41) is 3.37. The zero-order chi connectivity index (χ0) is 21.2. The first-order valence-electron chi connectivity index (χ1n) is 10.1. The van der Waals surface area contributed by atoms with Gasteiger partial charge in [-0.2, -0.15) is 0 Å². The Bertz CT molecular complexity index is 1470. The number of fused-ring (bicyclic) bond motifs is 2. The van der Waals surface area contributed by atoms with Crippen LogP contribution >= 0.6 is 0 Å². The van der Waals surface area contributed by atoms with Crippen LogP contribution in [0.15, 0.2) is 101 Å². The normalized spacial score (nSPS) is 11.7. The van der Waals surface area contributed by atoms with E-state index in [1.54, 1.807) is 0 Å². The molecule has 0 aliphatic heterocycles. The molecule has 0 spiro atoms. The molecule has 4 heteroatoms. The van der Waals surface area contributed by atoms with Crippen molar-refractivity contribution in [3.63, 3.8) is 0 Å². The third-order valence-corrected chi connectivity index (χ3v) is 5.39. The van der Waals surface area contributed by atoms with Gasteiger partial charge in [-0.25, -0.2) is 4.98 Å². The lowest BCUT2D eigenvalue weighted by Crippen LogP contribution is -1.95. The van der Waals surface area contributed by atoms with Crippen molar-refractivity contribution < 1.29 is 0 Å². The van der Waals surface area contributed by atoms with Crippen LogP contribution in [0, 0.1) is 0 Å². The standard InChI is InChI=1S/C27H20N4/c1-18(30-26-6-4-3-5-25(26)28-2)21-9-8-20-11-12-24(31-27(20)16-21)22-10-7-19-13-14-29-17-23(19)15-22/h3-17H,2H2,1H3. The topological polar surface area (TPSA) is 50.5 Å². The predicted octanol–water partition coefficient (Wildman–Crippen LogP) is 6.92. The summed E-state index contributed by atoms with van der Waals surface area (Å²) in [4.78, 5) is 18.0. The van der Waals surface area contributed by atoms with Crippen molar-refractivity contribution in [1.82, 2.24) is 9.97 Å². The molecule has 3 aromatic carbocycles. The Morgan fingerprint density at radius 1 is 0.806 bits per heavy atom. The average Bonchev–Trinajstić information content (AvgIpc) is 2.83. The van der Waals surface area contributed by atoms with Crippen molar-refractivity contribution in [3.05, 3.63) is 96.8 Å². The van der Waals surface area contributed by atoms with E-state index in [1.807, 2.05) is 49.6 Å². The summed E-state index contributed by atoms with van der Waals surface area (Å²) in [7, 11) is 0. The second kappa shape index (κ2) is 7.92. The summed E-state index contributed by atoms with van der Waals surface area (Å²) in [6, 6.07) is 26.5. The summed E-state index contributed by atoms with van der Waals surface area (Å²) in [6.07, 6.45) is 3.69. The maximum absolute atomic E-state index is 4.93. The molecule has 0 N–H and O–H groups in total. The van der Waals surface area contributed by atoms with E-state index in [0.717, 1.165) is 50.2 Å².